The van der Waals surface area contributed by atoms with Crippen molar-refractivity contribution in [2.24, 2.45) is 0 Å². The number of halogens is 1. The molecule has 0 spiro atoms. The van der Waals surface area contributed by atoms with Crippen LogP contribution in [0.2, 0.25) is 0 Å². The monoisotopic (exact) mass is 315 g/mol. The summed E-state index contributed by atoms with van der Waals surface area (Å²) in [6.45, 7) is 0. The van der Waals surface area contributed by atoms with Crippen molar-refractivity contribution in [3.8, 4) is 11.8 Å². The van der Waals surface area contributed by atoms with Gasteiger partial charge >= 0.3 is 0 Å². The molecule has 1 heterocycles. The topological polar surface area (TPSA) is 62.5 Å². The molecule has 1 atom stereocenters. The van der Waals surface area contributed by atoms with Crippen LogP contribution in [0.15, 0.2) is 54.6 Å². The molecule has 0 aliphatic rings. The van der Waals surface area contributed by atoms with E-state index in [1.165, 1.54) is 4.57 Å². The molecule has 3 aromatic rings. The number of carbonyl (C=O) groups is 1. The minimum atomic E-state index is -0.878. The minimum absolute atomic E-state index is 0.164. The molecule has 0 saturated heterocycles. The van der Waals surface area contributed by atoms with Crippen LogP contribution in [0.1, 0.15) is 11.6 Å². The summed E-state index contributed by atoms with van der Waals surface area (Å²) < 4.78 is 1.19. The molecule has 22 heavy (non-hydrogen) atoms. The summed E-state index contributed by atoms with van der Waals surface area (Å²) in [5, 5.41) is 21.0. The summed E-state index contributed by atoms with van der Waals surface area (Å²) in [6, 6.07) is 15.3. The van der Waals surface area contributed by atoms with E-state index < -0.39 is 11.3 Å². The standard InChI is InChI=1S/C17H14ClNO3/c18-15(20)14(10-11-6-2-1-3-7-11)19-16(21)12-8-4-5-9-13(12)17(19)22/h1-9,14,21-22H,10H2. The quantitative estimate of drug-likeness (QED) is 0.723. The maximum absolute atomic E-state index is 11.9. The Kier molecular flexibility index (Phi) is 3.77. The average molecular weight is 316 g/mol. The van der Waals surface area contributed by atoms with Gasteiger partial charge in [-0.1, -0.05) is 42.5 Å². The van der Waals surface area contributed by atoms with E-state index in [1.54, 1.807) is 24.3 Å². The van der Waals surface area contributed by atoms with E-state index in [0.717, 1.165) is 5.56 Å². The van der Waals surface area contributed by atoms with Crippen LogP contribution in [0.25, 0.3) is 10.8 Å². The van der Waals surface area contributed by atoms with Crippen LogP contribution in [0.4, 0.5) is 0 Å². The highest BCUT2D eigenvalue weighted by molar-refractivity contribution is 6.64. The lowest BCUT2D eigenvalue weighted by Crippen LogP contribution is -2.17. The third kappa shape index (κ3) is 2.42. The van der Waals surface area contributed by atoms with E-state index in [1.807, 2.05) is 30.3 Å². The van der Waals surface area contributed by atoms with Gasteiger partial charge in [-0.15, -0.1) is 0 Å². The van der Waals surface area contributed by atoms with Gasteiger partial charge in [0, 0.05) is 17.2 Å². The second-order valence-electron chi connectivity index (χ2n) is 5.07. The predicted molar refractivity (Wildman–Crippen MR) is 85.3 cm³/mol. The zero-order valence-electron chi connectivity index (χ0n) is 11.6. The zero-order valence-corrected chi connectivity index (χ0v) is 12.4. The van der Waals surface area contributed by atoms with Crippen LogP contribution in [0.3, 0.4) is 0 Å². The van der Waals surface area contributed by atoms with Crippen LogP contribution in [-0.2, 0) is 11.2 Å². The zero-order chi connectivity index (χ0) is 15.7. The van der Waals surface area contributed by atoms with Gasteiger partial charge in [-0.3, -0.25) is 9.36 Å². The normalized spacial score (nSPS) is 12.4. The third-order valence-corrected chi connectivity index (χ3v) is 3.96. The summed E-state index contributed by atoms with van der Waals surface area (Å²) >= 11 is 5.72. The lowest BCUT2D eigenvalue weighted by Gasteiger charge is -2.17. The molecular weight excluding hydrogens is 302 g/mol. The number of carbonyl (C=O) groups excluding carboxylic acids is 1. The maximum atomic E-state index is 11.9. The Labute approximate surface area is 132 Å². The van der Waals surface area contributed by atoms with Gasteiger partial charge in [-0.2, -0.15) is 0 Å². The van der Waals surface area contributed by atoms with E-state index >= 15 is 0 Å². The molecular formula is C17H14ClNO3. The van der Waals surface area contributed by atoms with Crippen LogP contribution < -0.4 is 0 Å². The molecule has 0 radical (unpaired) electrons. The molecule has 112 valence electrons. The molecule has 0 bridgehead atoms. The molecule has 3 rings (SSSR count). The molecule has 5 heteroatoms. The van der Waals surface area contributed by atoms with Gasteiger partial charge in [0.1, 0.15) is 6.04 Å². The number of benzene rings is 2. The number of rotatable bonds is 4. The summed E-state index contributed by atoms with van der Waals surface area (Å²) in [5.74, 6) is -0.328. The number of aromatic nitrogens is 1. The van der Waals surface area contributed by atoms with Crippen molar-refractivity contribution < 1.29 is 15.0 Å². The van der Waals surface area contributed by atoms with Crippen molar-refractivity contribution in [3.63, 3.8) is 0 Å². The van der Waals surface area contributed by atoms with Crippen molar-refractivity contribution >= 4 is 27.6 Å². The first kappa shape index (κ1) is 14.5. The van der Waals surface area contributed by atoms with E-state index in [0.29, 0.717) is 10.8 Å². The fourth-order valence-corrected chi connectivity index (χ4v) is 2.81. The van der Waals surface area contributed by atoms with Crippen molar-refractivity contribution in [1.82, 2.24) is 4.57 Å². The highest BCUT2D eigenvalue weighted by Gasteiger charge is 2.27. The Morgan fingerprint density at radius 3 is 1.95 bits per heavy atom. The van der Waals surface area contributed by atoms with Gasteiger partial charge < -0.3 is 10.2 Å². The Bertz CT molecular complexity index is 788. The molecule has 1 unspecified atom stereocenters. The van der Waals surface area contributed by atoms with Crippen molar-refractivity contribution in [2.75, 3.05) is 0 Å². The smallest absolute Gasteiger partial charge is 0.245 e. The van der Waals surface area contributed by atoms with Gasteiger partial charge in [0.15, 0.2) is 0 Å². The van der Waals surface area contributed by atoms with Crippen molar-refractivity contribution in [1.29, 1.82) is 0 Å². The minimum Gasteiger partial charge on any atom is -0.494 e. The van der Waals surface area contributed by atoms with Gasteiger partial charge in [-0.05, 0) is 29.3 Å². The van der Waals surface area contributed by atoms with E-state index in [2.05, 4.69) is 0 Å². The van der Waals surface area contributed by atoms with E-state index in [4.69, 9.17) is 11.6 Å². The Hall–Kier alpha value is -2.46. The van der Waals surface area contributed by atoms with Crippen LogP contribution in [0, 0.1) is 0 Å². The van der Waals surface area contributed by atoms with Gasteiger partial charge in [0.05, 0.1) is 0 Å². The molecule has 0 saturated carbocycles. The molecule has 1 aromatic heterocycles. The Morgan fingerprint density at radius 1 is 0.955 bits per heavy atom. The van der Waals surface area contributed by atoms with E-state index in [9.17, 15) is 15.0 Å². The first-order valence-electron chi connectivity index (χ1n) is 6.83. The first-order chi connectivity index (χ1) is 10.6. The van der Waals surface area contributed by atoms with E-state index in [-0.39, 0.29) is 18.2 Å². The molecule has 0 amide bonds. The number of hydrogen-bond donors (Lipinski definition) is 2. The highest BCUT2D eigenvalue weighted by atomic mass is 35.5. The predicted octanol–water partition coefficient (Wildman–Crippen LogP) is 3.60. The van der Waals surface area contributed by atoms with Crippen LogP contribution >= 0.6 is 11.6 Å². The number of fused-ring (bicyclic) bond motifs is 1. The average Bonchev–Trinajstić information content (AvgIpc) is 2.78. The number of aromatic hydroxyl groups is 2. The number of hydrogen-bond acceptors (Lipinski definition) is 3. The SMILES string of the molecule is O=C(Cl)C(Cc1ccccc1)n1c(O)c2ccccc2c1O. The summed E-state index contributed by atoms with van der Waals surface area (Å²) in [5.41, 5.74) is 0.887. The molecule has 2 N–H and O–H groups in total. The second-order valence-corrected chi connectivity index (χ2v) is 5.44. The van der Waals surface area contributed by atoms with Crippen LogP contribution in [-0.4, -0.2) is 20.0 Å². The molecule has 0 fully saturated rings. The van der Waals surface area contributed by atoms with Gasteiger partial charge in [0.2, 0.25) is 17.0 Å². The van der Waals surface area contributed by atoms with Crippen LogP contribution in [0.5, 0.6) is 11.8 Å². The Balaban J connectivity index is 2.11. The summed E-state index contributed by atoms with van der Waals surface area (Å²) in [4.78, 5) is 11.9. The molecule has 0 aliphatic carbocycles. The highest BCUT2D eigenvalue weighted by Crippen LogP contribution is 2.40. The Morgan fingerprint density at radius 2 is 1.45 bits per heavy atom. The fourth-order valence-electron chi connectivity index (χ4n) is 2.64. The lowest BCUT2D eigenvalue weighted by molar-refractivity contribution is -0.114. The summed E-state index contributed by atoms with van der Waals surface area (Å²) in [7, 11) is 0. The van der Waals surface area contributed by atoms with Gasteiger partial charge in [-0.25, -0.2) is 0 Å². The second kappa shape index (κ2) is 5.73. The molecule has 4 nitrogen and oxygen atoms in total. The lowest BCUT2D eigenvalue weighted by atomic mass is 10.1. The first-order valence-corrected chi connectivity index (χ1v) is 7.21. The third-order valence-electron chi connectivity index (χ3n) is 3.71. The molecule has 2 aromatic carbocycles. The summed E-state index contributed by atoms with van der Waals surface area (Å²) in [6.07, 6.45) is 0.283. The fraction of sp³-hybridized carbons (Fsp3) is 0.118. The largest absolute Gasteiger partial charge is 0.494 e. The number of nitrogens with zero attached hydrogens (tertiary/aromatic N) is 1. The van der Waals surface area contributed by atoms with Crippen molar-refractivity contribution in [3.05, 3.63) is 60.2 Å². The molecule has 0 aliphatic heterocycles. The van der Waals surface area contributed by atoms with Crippen molar-refractivity contribution in [2.45, 2.75) is 12.5 Å². The maximum Gasteiger partial charge on any atom is 0.245 e. The van der Waals surface area contributed by atoms with Gasteiger partial charge in [0.25, 0.3) is 0 Å².